The van der Waals surface area contributed by atoms with Crippen LogP contribution in [0, 0.1) is 0 Å². The third-order valence-electron chi connectivity index (χ3n) is 2.82. The molecule has 0 aliphatic carbocycles. The molecule has 0 spiro atoms. The molecular weight excluding hydrogens is 310 g/mol. The molecule has 2 aromatic heterocycles. The Balaban J connectivity index is 2.27. The Labute approximate surface area is 120 Å². The van der Waals surface area contributed by atoms with Crippen molar-refractivity contribution in [2.75, 3.05) is 6.54 Å². The average Bonchev–Trinajstić information content (AvgIpc) is 3.00. The number of aryl methyl sites for hydroxylation is 1. The quantitative estimate of drug-likeness (QED) is 0.874. The van der Waals surface area contributed by atoms with Crippen LogP contribution in [-0.4, -0.2) is 16.1 Å². The van der Waals surface area contributed by atoms with Gasteiger partial charge in [0, 0.05) is 22.1 Å². The van der Waals surface area contributed by atoms with Gasteiger partial charge in [-0.2, -0.15) is 0 Å². The first-order valence-corrected chi connectivity index (χ1v) is 7.91. The Bertz CT molecular complexity index is 492. The molecule has 2 rings (SSSR count). The number of imidazole rings is 1. The van der Waals surface area contributed by atoms with Crippen LogP contribution in [-0.2, 0) is 6.54 Å². The number of hydrogen-bond donors (Lipinski definition) is 1. The molecule has 0 aromatic carbocycles. The number of nitrogens with one attached hydrogen (secondary N) is 1. The minimum Gasteiger partial charge on any atom is -0.337 e. The fourth-order valence-electron chi connectivity index (χ4n) is 1.83. The van der Waals surface area contributed by atoms with Crippen molar-refractivity contribution in [3.8, 4) is 0 Å². The number of rotatable bonds is 6. The van der Waals surface area contributed by atoms with Crippen LogP contribution in [0.3, 0.4) is 0 Å². The lowest BCUT2D eigenvalue weighted by Gasteiger charge is -2.15. The third kappa shape index (κ3) is 3.02. The van der Waals surface area contributed by atoms with E-state index in [0.29, 0.717) is 0 Å². The monoisotopic (exact) mass is 327 g/mol. The molecule has 0 aliphatic rings. The van der Waals surface area contributed by atoms with E-state index in [1.807, 2.05) is 6.33 Å². The summed E-state index contributed by atoms with van der Waals surface area (Å²) in [5.74, 6) is 0. The van der Waals surface area contributed by atoms with Crippen molar-refractivity contribution in [2.45, 2.75) is 32.9 Å². The van der Waals surface area contributed by atoms with Gasteiger partial charge in [-0.25, -0.2) is 4.98 Å². The molecule has 0 fully saturated rings. The van der Waals surface area contributed by atoms with Crippen LogP contribution in [0.1, 0.15) is 36.9 Å². The smallest absolute Gasteiger partial charge is 0.0950 e. The van der Waals surface area contributed by atoms with Gasteiger partial charge < -0.3 is 9.88 Å². The summed E-state index contributed by atoms with van der Waals surface area (Å²) in [7, 11) is 0. The summed E-state index contributed by atoms with van der Waals surface area (Å²) < 4.78 is 3.27. The average molecular weight is 328 g/mol. The second-order valence-corrected chi connectivity index (χ2v) is 5.95. The number of aromatic nitrogens is 2. The van der Waals surface area contributed by atoms with Gasteiger partial charge in [0.1, 0.15) is 0 Å². The summed E-state index contributed by atoms with van der Waals surface area (Å²) in [5.41, 5.74) is 1.09. The van der Waals surface area contributed by atoms with Crippen LogP contribution in [0.25, 0.3) is 0 Å². The van der Waals surface area contributed by atoms with Crippen LogP contribution in [0.4, 0.5) is 0 Å². The second kappa shape index (κ2) is 6.50. The number of halogens is 1. The fourth-order valence-corrected chi connectivity index (χ4v) is 3.52. The van der Waals surface area contributed by atoms with Crippen molar-refractivity contribution in [1.82, 2.24) is 14.9 Å². The zero-order chi connectivity index (χ0) is 13.0. The van der Waals surface area contributed by atoms with Crippen molar-refractivity contribution in [3.05, 3.63) is 39.0 Å². The zero-order valence-electron chi connectivity index (χ0n) is 10.7. The van der Waals surface area contributed by atoms with Gasteiger partial charge in [0.25, 0.3) is 0 Å². The molecule has 1 unspecified atom stereocenters. The minimum absolute atomic E-state index is 0.187. The highest BCUT2D eigenvalue weighted by Gasteiger charge is 2.19. The molecule has 1 N–H and O–H groups in total. The summed E-state index contributed by atoms with van der Waals surface area (Å²) in [4.78, 5) is 5.82. The standard InChI is InChI=1S/C13H18BrN3S/c1-3-6-15-12(13-10(14)5-7-18-13)11-8-17(4-2)9-16-11/h5,7-9,12,15H,3-4,6H2,1-2H3. The molecule has 0 bridgehead atoms. The Morgan fingerprint density at radius 3 is 2.89 bits per heavy atom. The topological polar surface area (TPSA) is 29.9 Å². The normalized spacial score (nSPS) is 12.8. The zero-order valence-corrected chi connectivity index (χ0v) is 13.1. The van der Waals surface area contributed by atoms with Crippen molar-refractivity contribution < 1.29 is 0 Å². The van der Waals surface area contributed by atoms with E-state index in [1.54, 1.807) is 11.3 Å². The molecule has 0 radical (unpaired) electrons. The van der Waals surface area contributed by atoms with E-state index in [2.05, 4.69) is 62.3 Å². The van der Waals surface area contributed by atoms with Gasteiger partial charge in [-0.3, -0.25) is 0 Å². The lowest BCUT2D eigenvalue weighted by molar-refractivity contribution is 0.593. The molecule has 98 valence electrons. The molecule has 0 saturated carbocycles. The van der Waals surface area contributed by atoms with Gasteiger partial charge >= 0.3 is 0 Å². The summed E-state index contributed by atoms with van der Waals surface area (Å²) in [6, 6.07) is 2.28. The van der Waals surface area contributed by atoms with E-state index in [1.165, 1.54) is 4.88 Å². The van der Waals surface area contributed by atoms with Crippen molar-refractivity contribution in [3.63, 3.8) is 0 Å². The van der Waals surface area contributed by atoms with Gasteiger partial charge in [0.05, 0.1) is 18.1 Å². The lowest BCUT2D eigenvalue weighted by Crippen LogP contribution is -2.23. The van der Waals surface area contributed by atoms with Gasteiger partial charge in [-0.1, -0.05) is 6.92 Å². The van der Waals surface area contributed by atoms with E-state index < -0.39 is 0 Å². The van der Waals surface area contributed by atoms with Crippen LogP contribution in [0.15, 0.2) is 28.4 Å². The Kier molecular flexibility index (Phi) is 4.97. The predicted octanol–water partition coefficient (Wildman–Crippen LogP) is 3.82. The molecule has 0 amide bonds. The lowest BCUT2D eigenvalue weighted by atomic mass is 10.2. The van der Waals surface area contributed by atoms with E-state index in [0.717, 1.165) is 29.7 Å². The van der Waals surface area contributed by atoms with E-state index in [4.69, 9.17) is 0 Å². The van der Waals surface area contributed by atoms with Crippen molar-refractivity contribution in [2.24, 2.45) is 0 Å². The molecule has 0 aliphatic heterocycles. The van der Waals surface area contributed by atoms with Crippen LogP contribution in [0.5, 0.6) is 0 Å². The molecule has 2 heterocycles. The maximum Gasteiger partial charge on any atom is 0.0950 e. The summed E-state index contributed by atoms with van der Waals surface area (Å²) >= 11 is 5.38. The van der Waals surface area contributed by atoms with Crippen molar-refractivity contribution >= 4 is 27.3 Å². The maximum atomic E-state index is 4.52. The maximum absolute atomic E-state index is 4.52. The summed E-state index contributed by atoms with van der Waals surface area (Å²) in [6.45, 7) is 6.26. The highest BCUT2D eigenvalue weighted by Crippen LogP contribution is 2.32. The molecule has 1 atom stereocenters. The van der Waals surface area contributed by atoms with Crippen LogP contribution < -0.4 is 5.32 Å². The first kappa shape index (κ1) is 13.8. The summed E-state index contributed by atoms with van der Waals surface area (Å²) in [6.07, 6.45) is 5.14. The third-order valence-corrected chi connectivity index (χ3v) is 4.76. The van der Waals surface area contributed by atoms with Gasteiger partial charge in [-0.15, -0.1) is 11.3 Å². The van der Waals surface area contributed by atoms with Crippen LogP contribution >= 0.6 is 27.3 Å². The molecular formula is C13H18BrN3S. The molecule has 5 heteroatoms. The highest BCUT2D eigenvalue weighted by molar-refractivity contribution is 9.10. The van der Waals surface area contributed by atoms with E-state index in [-0.39, 0.29) is 6.04 Å². The minimum atomic E-state index is 0.187. The molecule has 2 aromatic rings. The molecule has 3 nitrogen and oxygen atoms in total. The number of thiophene rings is 1. The second-order valence-electron chi connectivity index (χ2n) is 4.15. The number of hydrogen-bond acceptors (Lipinski definition) is 3. The van der Waals surface area contributed by atoms with Gasteiger partial charge in [0.2, 0.25) is 0 Å². The molecule has 0 saturated heterocycles. The first-order chi connectivity index (χ1) is 8.76. The summed E-state index contributed by atoms with van der Waals surface area (Å²) in [5, 5.41) is 5.68. The largest absolute Gasteiger partial charge is 0.337 e. The van der Waals surface area contributed by atoms with E-state index in [9.17, 15) is 0 Å². The van der Waals surface area contributed by atoms with Crippen LogP contribution in [0.2, 0.25) is 0 Å². The SMILES string of the molecule is CCCNC(c1cn(CC)cn1)c1sccc1Br. The first-order valence-electron chi connectivity index (χ1n) is 6.24. The predicted molar refractivity (Wildman–Crippen MR) is 80.1 cm³/mol. The Morgan fingerprint density at radius 2 is 2.33 bits per heavy atom. The van der Waals surface area contributed by atoms with Gasteiger partial charge in [0.15, 0.2) is 0 Å². The van der Waals surface area contributed by atoms with Gasteiger partial charge in [-0.05, 0) is 47.3 Å². The number of nitrogens with zero attached hydrogens (tertiary/aromatic N) is 2. The van der Waals surface area contributed by atoms with Crippen molar-refractivity contribution in [1.29, 1.82) is 0 Å². The Morgan fingerprint density at radius 1 is 1.50 bits per heavy atom. The molecule has 18 heavy (non-hydrogen) atoms. The highest BCUT2D eigenvalue weighted by atomic mass is 79.9. The Hall–Kier alpha value is -0.650. The fraction of sp³-hybridized carbons (Fsp3) is 0.462. The van der Waals surface area contributed by atoms with E-state index >= 15 is 0 Å².